The predicted octanol–water partition coefficient (Wildman–Crippen LogP) is -0.0124. The Kier molecular flexibility index (Phi) is 4.36. The molecule has 2 fully saturated rings. The Morgan fingerprint density at radius 2 is 2.35 bits per heavy atom. The lowest BCUT2D eigenvalue weighted by molar-refractivity contribution is -0.139. The lowest BCUT2D eigenvalue weighted by Gasteiger charge is -2.34. The van der Waals surface area contributed by atoms with E-state index in [1.165, 1.54) is 0 Å². The number of nitrogens with two attached hydrogens (primary N) is 1. The molecule has 5 heteroatoms. The summed E-state index contributed by atoms with van der Waals surface area (Å²) >= 11 is 0. The molecule has 5 nitrogen and oxygen atoms in total. The van der Waals surface area contributed by atoms with E-state index in [2.05, 4.69) is 0 Å². The molecule has 0 bridgehead atoms. The molecule has 2 aliphatic rings. The van der Waals surface area contributed by atoms with Crippen LogP contribution in [0, 0.1) is 5.92 Å². The van der Waals surface area contributed by atoms with Gasteiger partial charge in [-0.25, -0.2) is 0 Å². The second kappa shape index (κ2) is 5.80. The maximum Gasteiger partial charge on any atom is 0.229 e. The Balaban J connectivity index is 1.90. The number of ether oxygens (including phenoxy) is 2. The highest BCUT2D eigenvalue weighted by atomic mass is 16.5. The van der Waals surface area contributed by atoms with E-state index in [0.717, 1.165) is 19.4 Å². The van der Waals surface area contributed by atoms with Crippen molar-refractivity contribution in [2.75, 3.05) is 32.9 Å². The lowest BCUT2D eigenvalue weighted by atomic mass is 10.0. The highest BCUT2D eigenvalue weighted by Gasteiger charge is 2.36. The molecule has 3 unspecified atom stereocenters. The Labute approximate surface area is 102 Å². The average molecular weight is 242 g/mol. The Morgan fingerprint density at radius 1 is 1.53 bits per heavy atom. The molecule has 0 aromatic carbocycles. The first-order valence-electron chi connectivity index (χ1n) is 6.46. The van der Waals surface area contributed by atoms with Crippen molar-refractivity contribution in [2.45, 2.75) is 31.9 Å². The summed E-state index contributed by atoms with van der Waals surface area (Å²) in [4.78, 5) is 14.2. The molecule has 0 aliphatic carbocycles. The fourth-order valence-corrected chi connectivity index (χ4v) is 2.57. The fourth-order valence-electron chi connectivity index (χ4n) is 2.57. The molecule has 3 atom stereocenters. The zero-order valence-corrected chi connectivity index (χ0v) is 10.4. The summed E-state index contributed by atoms with van der Waals surface area (Å²) in [5.41, 5.74) is 5.88. The van der Waals surface area contributed by atoms with Crippen molar-refractivity contribution < 1.29 is 14.3 Å². The summed E-state index contributed by atoms with van der Waals surface area (Å²) < 4.78 is 10.8. The molecule has 98 valence electrons. The van der Waals surface area contributed by atoms with E-state index >= 15 is 0 Å². The smallest absolute Gasteiger partial charge is 0.229 e. The van der Waals surface area contributed by atoms with Gasteiger partial charge in [0.05, 0.1) is 25.2 Å². The van der Waals surface area contributed by atoms with E-state index in [0.29, 0.717) is 26.4 Å². The first-order valence-corrected chi connectivity index (χ1v) is 6.46. The van der Waals surface area contributed by atoms with Gasteiger partial charge in [-0.15, -0.1) is 0 Å². The van der Waals surface area contributed by atoms with E-state index in [-0.39, 0.29) is 24.0 Å². The van der Waals surface area contributed by atoms with Gasteiger partial charge in [-0.3, -0.25) is 4.79 Å². The minimum Gasteiger partial charge on any atom is -0.379 e. The van der Waals surface area contributed by atoms with Crippen molar-refractivity contribution in [2.24, 2.45) is 11.7 Å². The third kappa shape index (κ3) is 2.97. The van der Waals surface area contributed by atoms with E-state index < -0.39 is 0 Å². The largest absolute Gasteiger partial charge is 0.379 e. The van der Waals surface area contributed by atoms with Gasteiger partial charge < -0.3 is 20.1 Å². The summed E-state index contributed by atoms with van der Waals surface area (Å²) in [5, 5.41) is 0. The molecular formula is C12H22N2O3. The SMILES string of the molecule is CCOC1CCCN(C(=O)C2COCC2N)C1. The van der Waals surface area contributed by atoms with Crippen molar-refractivity contribution in [1.29, 1.82) is 0 Å². The molecule has 2 N–H and O–H groups in total. The average Bonchev–Trinajstić information content (AvgIpc) is 2.75. The number of hydrogen-bond donors (Lipinski definition) is 1. The number of hydrogen-bond acceptors (Lipinski definition) is 4. The number of likely N-dealkylation sites (tertiary alicyclic amines) is 1. The standard InChI is InChI=1S/C12H22N2O3/c1-2-17-9-4-3-5-14(6-9)12(15)10-7-16-8-11(10)13/h9-11H,2-8,13H2,1H3. The fraction of sp³-hybridized carbons (Fsp3) is 0.917. The number of carbonyl (C=O) groups excluding carboxylic acids is 1. The van der Waals surface area contributed by atoms with Crippen molar-refractivity contribution in [3.8, 4) is 0 Å². The lowest BCUT2D eigenvalue weighted by Crippen LogP contribution is -2.49. The molecule has 0 spiro atoms. The van der Waals surface area contributed by atoms with Crippen molar-refractivity contribution in [3.05, 3.63) is 0 Å². The number of piperidine rings is 1. The van der Waals surface area contributed by atoms with Gasteiger partial charge in [-0.1, -0.05) is 0 Å². The van der Waals surface area contributed by atoms with Crippen LogP contribution in [0.15, 0.2) is 0 Å². The van der Waals surface area contributed by atoms with Crippen molar-refractivity contribution >= 4 is 5.91 Å². The van der Waals surface area contributed by atoms with Crippen molar-refractivity contribution in [3.63, 3.8) is 0 Å². The monoisotopic (exact) mass is 242 g/mol. The summed E-state index contributed by atoms with van der Waals surface area (Å²) in [5.74, 6) is -0.0187. The molecule has 2 aliphatic heterocycles. The quantitative estimate of drug-likeness (QED) is 0.756. The first-order chi connectivity index (χ1) is 8.22. The first kappa shape index (κ1) is 12.8. The normalized spacial score (nSPS) is 34.0. The third-order valence-electron chi connectivity index (χ3n) is 3.53. The van der Waals surface area contributed by atoms with Crippen molar-refractivity contribution in [1.82, 2.24) is 4.90 Å². The van der Waals surface area contributed by atoms with Gasteiger partial charge in [0.2, 0.25) is 5.91 Å². The molecule has 0 radical (unpaired) electrons. The third-order valence-corrected chi connectivity index (χ3v) is 3.53. The van der Waals surface area contributed by atoms with Crippen LogP contribution in [0.3, 0.4) is 0 Å². The highest BCUT2D eigenvalue weighted by molar-refractivity contribution is 5.80. The molecular weight excluding hydrogens is 220 g/mol. The Hall–Kier alpha value is -0.650. The van der Waals surface area contributed by atoms with Crippen LogP contribution >= 0.6 is 0 Å². The van der Waals surface area contributed by atoms with Crippen LogP contribution in [-0.2, 0) is 14.3 Å². The second-order valence-electron chi connectivity index (χ2n) is 4.81. The van der Waals surface area contributed by atoms with E-state index in [9.17, 15) is 4.79 Å². The van der Waals surface area contributed by atoms with Gasteiger partial charge in [-0.2, -0.15) is 0 Å². The highest BCUT2D eigenvalue weighted by Crippen LogP contribution is 2.19. The van der Waals surface area contributed by atoms with Crippen LogP contribution in [0.4, 0.5) is 0 Å². The van der Waals surface area contributed by atoms with Crippen LogP contribution in [-0.4, -0.2) is 55.9 Å². The predicted molar refractivity (Wildman–Crippen MR) is 63.5 cm³/mol. The van der Waals surface area contributed by atoms with Gasteiger partial charge in [0.25, 0.3) is 0 Å². The number of nitrogens with zero attached hydrogens (tertiary/aromatic N) is 1. The van der Waals surface area contributed by atoms with Crippen LogP contribution in [0.2, 0.25) is 0 Å². The molecule has 1 amide bonds. The van der Waals surface area contributed by atoms with Gasteiger partial charge in [-0.05, 0) is 19.8 Å². The van der Waals surface area contributed by atoms with E-state index in [4.69, 9.17) is 15.2 Å². The van der Waals surface area contributed by atoms with E-state index in [1.807, 2.05) is 11.8 Å². The van der Waals surface area contributed by atoms with Gasteiger partial charge in [0, 0.05) is 25.7 Å². The minimum absolute atomic E-state index is 0.138. The van der Waals surface area contributed by atoms with Gasteiger partial charge in [0.15, 0.2) is 0 Å². The summed E-state index contributed by atoms with van der Waals surface area (Å²) in [6, 6.07) is -0.144. The summed E-state index contributed by atoms with van der Waals surface area (Å²) in [7, 11) is 0. The minimum atomic E-state index is -0.157. The molecule has 0 aromatic rings. The zero-order chi connectivity index (χ0) is 12.3. The second-order valence-corrected chi connectivity index (χ2v) is 4.81. The van der Waals surface area contributed by atoms with Gasteiger partial charge in [0.1, 0.15) is 0 Å². The van der Waals surface area contributed by atoms with Crippen LogP contribution in [0.1, 0.15) is 19.8 Å². The molecule has 2 rings (SSSR count). The maximum atomic E-state index is 12.3. The molecule has 2 heterocycles. The molecule has 17 heavy (non-hydrogen) atoms. The number of carbonyl (C=O) groups is 1. The molecule has 0 saturated carbocycles. The van der Waals surface area contributed by atoms with Crippen LogP contribution in [0.25, 0.3) is 0 Å². The van der Waals surface area contributed by atoms with Crippen LogP contribution in [0.5, 0.6) is 0 Å². The van der Waals surface area contributed by atoms with E-state index in [1.54, 1.807) is 0 Å². The van der Waals surface area contributed by atoms with Crippen LogP contribution < -0.4 is 5.73 Å². The number of amides is 1. The van der Waals surface area contributed by atoms with Gasteiger partial charge >= 0.3 is 0 Å². The maximum absolute atomic E-state index is 12.3. The number of rotatable bonds is 3. The zero-order valence-electron chi connectivity index (χ0n) is 10.4. The summed E-state index contributed by atoms with van der Waals surface area (Å²) in [6.07, 6.45) is 2.25. The molecule has 2 saturated heterocycles. The Bertz CT molecular complexity index is 270. The Morgan fingerprint density at radius 3 is 3.00 bits per heavy atom. The topological polar surface area (TPSA) is 64.8 Å². The summed E-state index contributed by atoms with van der Waals surface area (Å²) in [6.45, 7) is 5.19. The molecule has 0 aromatic heterocycles.